The van der Waals surface area contributed by atoms with Gasteiger partial charge in [-0.3, -0.25) is 14.4 Å². The van der Waals surface area contributed by atoms with Gasteiger partial charge in [0.15, 0.2) is 0 Å². The first kappa shape index (κ1) is 20.7. The van der Waals surface area contributed by atoms with Gasteiger partial charge < -0.3 is 16.0 Å². The standard InChI is InChI=1S/C27H23N3O3/c1-16(25(28)31)30-24-21-14-8-7-12-19(21)18-11-5-6-13-20(18)22(24)15-23(27(30)33)29-26(32)17-9-3-2-4-10-17/h2-16,23-24H,1H3,(H2,28,31)(H,29,32)/t16-,23-,24-/m1/s1. The Morgan fingerprint density at radius 3 is 2.18 bits per heavy atom. The number of nitrogens with two attached hydrogens (primary N) is 1. The van der Waals surface area contributed by atoms with Crippen LogP contribution in [0.25, 0.3) is 16.7 Å². The molecule has 0 spiro atoms. The van der Waals surface area contributed by atoms with E-state index in [-0.39, 0.29) is 11.8 Å². The van der Waals surface area contributed by atoms with Gasteiger partial charge in [-0.25, -0.2) is 0 Å². The van der Waals surface area contributed by atoms with Crippen LogP contribution in [0.1, 0.15) is 34.5 Å². The quantitative estimate of drug-likeness (QED) is 0.656. The lowest BCUT2D eigenvalue weighted by atomic mass is 9.75. The van der Waals surface area contributed by atoms with Gasteiger partial charge in [0.2, 0.25) is 5.91 Å². The molecule has 1 aliphatic carbocycles. The Labute approximate surface area is 191 Å². The fourth-order valence-electron chi connectivity index (χ4n) is 4.75. The van der Waals surface area contributed by atoms with E-state index >= 15 is 0 Å². The number of rotatable bonds is 4. The molecule has 3 aromatic carbocycles. The fourth-order valence-corrected chi connectivity index (χ4v) is 4.75. The summed E-state index contributed by atoms with van der Waals surface area (Å²) in [5.74, 6) is -1.33. The highest BCUT2D eigenvalue weighted by atomic mass is 16.2. The van der Waals surface area contributed by atoms with Crippen LogP contribution in [0.3, 0.4) is 0 Å². The summed E-state index contributed by atoms with van der Waals surface area (Å²) >= 11 is 0. The smallest absolute Gasteiger partial charge is 0.252 e. The molecular weight excluding hydrogens is 414 g/mol. The van der Waals surface area contributed by atoms with Crippen LogP contribution in [-0.2, 0) is 9.59 Å². The van der Waals surface area contributed by atoms with Crippen molar-refractivity contribution < 1.29 is 14.4 Å². The van der Waals surface area contributed by atoms with Crippen LogP contribution >= 0.6 is 0 Å². The SMILES string of the molecule is C[C@H](C(N)=O)N1C(=O)[C@H](NC(=O)c2ccccc2)C=C2c3ccccc3-c3ccccc3[C@H]21. The van der Waals surface area contributed by atoms with Crippen molar-refractivity contribution in [3.05, 3.63) is 102 Å². The normalized spacial score (nSPS) is 19.5. The number of benzene rings is 3. The molecule has 0 bridgehead atoms. The van der Waals surface area contributed by atoms with Gasteiger partial charge >= 0.3 is 0 Å². The Hall–Kier alpha value is -4.19. The van der Waals surface area contributed by atoms with Gasteiger partial charge in [-0.2, -0.15) is 0 Å². The Balaban J connectivity index is 1.67. The molecule has 3 atom stereocenters. The van der Waals surface area contributed by atoms with Crippen LogP contribution < -0.4 is 11.1 Å². The van der Waals surface area contributed by atoms with Crippen LogP contribution in [0.5, 0.6) is 0 Å². The number of nitrogens with zero attached hydrogens (tertiary/aromatic N) is 1. The number of nitrogens with one attached hydrogen (secondary N) is 1. The van der Waals surface area contributed by atoms with E-state index in [0.717, 1.165) is 27.8 Å². The average Bonchev–Trinajstić information content (AvgIpc) is 2.85. The molecule has 0 aromatic heterocycles. The number of hydrogen-bond donors (Lipinski definition) is 2. The van der Waals surface area contributed by atoms with Crippen molar-refractivity contribution in [3.63, 3.8) is 0 Å². The van der Waals surface area contributed by atoms with Gasteiger partial charge in [-0.15, -0.1) is 0 Å². The lowest BCUT2D eigenvalue weighted by Crippen LogP contribution is -2.57. The van der Waals surface area contributed by atoms with Gasteiger partial charge in [0, 0.05) is 5.56 Å². The first-order chi connectivity index (χ1) is 16.0. The predicted molar refractivity (Wildman–Crippen MR) is 126 cm³/mol. The average molecular weight is 437 g/mol. The summed E-state index contributed by atoms with van der Waals surface area (Å²) < 4.78 is 0. The molecule has 164 valence electrons. The second-order valence-corrected chi connectivity index (χ2v) is 8.30. The third-order valence-corrected chi connectivity index (χ3v) is 6.37. The number of hydrogen-bond acceptors (Lipinski definition) is 3. The van der Waals surface area contributed by atoms with Gasteiger partial charge in [0.1, 0.15) is 12.1 Å². The second-order valence-electron chi connectivity index (χ2n) is 8.30. The zero-order chi connectivity index (χ0) is 23.1. The van der Waals surface area contributed by atoms with Gasteiger partial charge in [0.05, 0.1) is 6.04 Å². The summed E-state index contributed by atoms with van der Waals surface area (Å²) in [6, 6.07) is 22.3. The van der Waals surface area contributed by atoms with E-state index in [4.69, 9.17) is 5.73 Å². The second kappa shape index (κ2) is 8.06. The summed E-state index contributed by atoms with van der Waals surface area (Å²) in [5.41, 5.74) is 10.9. The van der Waals surface area contributed by atoms with Gasteiger partial charge in [-0.1, -0.05) is 66.7 Å². The lowest BCUT2D eigenvalue weighted by molar-refractivity contribution is -0.141. The third-order valence-electron chi connectivity index (χ3n) is 6.37. The number of amides is 3. The summed E-state index contributed by atoms with van der Waals surface area (Å²) in [6.07, 6.45) is 1.81. The van der Waals surface area contributed by atoms with E-state index in [9.17, 15) is 14.4 Å². The minimum atomic E-state index is -0.927. The molecule has 3 amide bonds. The van der Waals surface area contributed by atoms with Crippen molar-refractivity contribution in [2.45, 2.75) is 25.0 Å². The highest BCUT2D eigenvalue weighted by Gasteiger charge is 2.44. The van der Waals surface area contributed by atoms with E-state index in [1.165, 1.54) is 4.90 Å². The maximum absolute atomic E-state index is 13.7. The van der Waals surface area contributed by atoms with Crippen LogP contribution in [0.4, 0.5) is 0 Å². The molecule has 0 unspecified atom stereocenters. The maximum atomic E-state index is 13.7. The Kier molecular flexibility index (Phi) is 5.05. The van der Waals surface area contributed by atoms with Crippen LogP contribution in [0.2, 0.25) is 0 Å². The lowest BCUT2D eigenvalue weighted by Gasteiger charge is -2.45. The molecule has 0 fully saturated rings. The van der Waals surface area contributed by atoms with Crippen molar-refractivity contribution in [3.8, 4) is 11.1 Å². The molecule has 1 aliphatic heterocycles. The molecule has 0 radical (unpaired) electrons. The highest BCUT2D eigenvalue weighted by molar-refractivity contribution is 6.04. The third kappa shape index (κ3) is 3.40. The molecule has 33 heavy (non-hydrogen) atoms. The number of fused-ring (bicyclic) bond motifs is 6. The molecular formula is C27H23N3O3. The molecule has 6 nitrogen and oxygen atoms in total. The first-order valence-corrected chi connectivity index (χ1v) is 10.8. The maximum Gasteiger partial charge on any atom is 0.252 e. The first-order valence-electron chi connectivity index (χ1n) is 10.8. The van der Waals surface area contributed by atoms with Crippen molar-refractivity contribution >= 4 is 23.3 Å². The molecule has 6 heteroatoms. The molecule has 0 saturated heterocycles. The molecule has 0 saturated carbocycles. The van der Waals surface area contributed by atoms with Crippen LogP contribution in [0, 0.1) is 0 Å². The zero-order valence-electron chi connectivity index (χ0n) is 18.1. The van der Waals surface area contributed by atoms with Crippen molar-refractivity contribution in [2.75, 3.05) is 0 Å². The summed E-state index contributed by atoms with van der Waals surface area (Å²) in [5, 5.41) is 2.84. The Morgan fingerprint density at radius 2 is 1.48 bits per heavy atom. The minimum Gasteiger partial charge on any atom is -0.368 e. The predicted octanol–water partition coefficient (Wildman–Crippen LogP) is 3.31. The monoisotopic (exact) mass is 437 g/mol. The summed E-state index contributed by atoms with van der Waals surface area (Å²) in [4.78, 5) is 40.3. The summed E-state index contributed by atoms with van der Waals surface area (Å²) in [6.45, 7) is 1.63. The van der Waals surface area contributed by atoms with E-state index in [0.29, 0.717) is 5.56 Å². The van der Waals surface area contributed by atoms with E-state index in [1.54, 1.807) is 31.2 Å². The van der Waals surface area contributed by atoms with Crippen molar-refractivity contribution in [2.24, 2.45) is 5.73 Å². The van der Waals surface area contributed by atoms with Crippen LogP contribution in [-0.4, -0.2) is 34.7 Å². The van der Waals surface area contributed by atoms with Gasteiger partial charge in [0.25, 0.3) is 11.8 Å². The molecule has 1 heterocycles. The summed E-state index contributed by atoms with van der Waals surface area (Å²) in [7, 11) is 0. The van der Waals surface area contributed by atoms with Crippen molar-refractivity contribution in [1.82, 2.24) is 10.2 Å². The van der Waals surface area contributed by atoms with E-state index in [2.05, 4.69) is 5.32 Å². The van der Waals surface area contributed by atoms with Crippen LogP contribution in [0.15, 0.2) is 84.9 Å². The minimum absolute atomic E-state index is 0.361. The largest absolute Gasteiger partial charge is 0.368 e. The highest BCUT2D eigenvalue weighted by Crippen LogP contribution is 2.50. The fraction of sp³-hybridized carbons (Fsp3) is 0.148. The van der Waals surface area contributed by atoms with Gasteiger partial charge in [-0.05, 0) is 53.0 Å². The molecule has 5 rings (SSSR count). The molecule has 3 aromatic rings. The molecule has 3 N–H and O–H groups in total. The number of primary amides is 1. The van der Waals surface area contributed by atoms with E-state index in [1.807, 2.05) is 60.7 Å². The molecule has 2 aliphatic rings. The topological polar surface area (TPSA) is 92.5 Å². The Bertz CT molecular complexity index is 1300. The number of carbonyl (C=O) groups excluding carboxylic acids is 3. The zero-order valence-corrected chi connectivity index (χ0v) is 18.1. The van der Waals surface area contributed by atoms with Crippen molar-refractivity contribution in [1.29, 1.82) is 0 Å². The van der Waals surface area contributed by atoms with E-state index < -0.39 is 24.0 Å². The Morgan fingerprint density at radius 1 is 0.879 bits per heavy atom. The number of carbonyl (C=O) groups is 3.